The minimum Gasteiger partial charge on any atom is -0.480 e. The Morgan fingerprint density at radius 1 is 1.00 bits per heavy atom. The highest BCUT2D eigenvalue weighted by atomic mass is 79.9. The van der Waals surface area contributed by atoms with Gasteiger partial charge in [-0.2, -0.15) is 0 Å². The highest BCUT2D eigenvalue weighted by Gasteiger charge is 2.25. The molecule has 0 heterocycles. The summed E-state index contributed by atoms with van der Waals surface area (Å²) in [6, 6.07) is -0.866. The zero-order valence-corrected chi connectivity index (χ0v) is 13.9. The average Bonchev–Trinajstić information content (AvgIpc) is 2.24. The molecule has 1 amide bonds. The van der Waals surface area contributed by atoms with Gasteiger partial charge in [0.05, 0.1) is 0 Å². The molecule has 0 saturated carbocycles. The minimum absolute atomic E-state index is 0.201. The van der Waals surface area contributed by atoms with Crippen molar-refractivity contribution in [3.63, 3.8) is 0 Å². The molecule has 0 spiro atoms. The smallest absolute Gasteiger partial charge is 0.327 e. The molecular formula is C13H24BrNO4. The van der Waals surface area contributed by atoms with Crippen molar-refractivity contribution in [1.82, 2.24) is 5.32 Å². The number of halogens is 1. The van der Waals surface area contributed by atoms with Crippen LogP contribution in [-0.4, -0.2) is 33.6 Å². The number of Topliss-reactive ketones (excluding diaryl/α,β-unsaturated/α-hetero) is 1. The van der Waals surface area contributed by atoms with Crippen LogP contribution in [-0.2, 0) is 14.4 Å². The van der Waals surface area contributed by atoms with Crippen LogP contribution in [0.15, 0.2) is 0 Å². The fourth-order valence-electron chi connectivity index (χ4n) is 0.693. The first kappa shape index (κ1) is 20.4. The number of rotatable bonds is 5. The van der Waals surface area contributed by atoms with Gasteiger partial charge in [-0.05, 0) is 6.92 Å². The normalized spacial score (nSPS) is 13.3. The standard InChI is InChI=1S/C8H14BrNO3.C5H10O/c1-4(2)7(11)10-6(5(3)9)8(12)13;1-4(2)5(3)6/h4-6H,1-3H3,(H,10,11)(H,12,13);4H,1-3H3. The molecule has 2 unspecified atom stereocenters. The SMILES string of the molecule is CC(=O)C(C)C.CC(C)C(=O)NC(C(=O)O)C(C)Br. The predicted molar refractivity (Wildman–Crippen MR) is 78.3 cm³/mol. The van der Waals surface area contributed by atoms with E-state index in [0.29, 0.717) is 0 Å². The molecule has 5 nitrogen and oxygen atoms in total. The molecule has 2 N–H and O–H groups in total. The maximum absolute atomic E-state index is 11.2. The van der Waals surface area contributed by atoms with E-state index in [1.807, 2.05) is 13.8 Å². The summed E-state index contributed by atoms with van der Waals surface area (Å²) in [6.07, 6.45) is 0. The van der Waals surface area contributed by atoms with Crippen molar-refractivity contribution in [3.05, 3.63) is 0 Å². The van der Waals surface area contributed by atoms with Crippen LogP contribution in [0.3, 0.4) is 0 Å². The number of aliphatic carboxylic acids is 1. The number of alkyl halides is 1. The van der Waals surface area contributed by atoms with Gasteiger partial charge in [0.1, 0.15) is 11.8 Å². The molecule has 6 heteroatoms. The van der Waals surface area contributed by atoms with Crippen LogP contribution >= 0.6 is 15.9 Å². The number of ketones is 1. The largest absolute Gasteiger partial charge is 0.480 e. The summed E-state index contributed by atoms with van der Waals surface area (Å²) >= 11 is 3.12. The van der Waals surface area contributed by atoms with Crippen molar-refractivity contribution in [2.75, 3.05) is 0 Å². The summed E-state index contributed by atoms with van der Waals surface area (Å²) in [5, 5.41) is 11.2. The molecule has 0 aliphatic rings. The third-order valence-corrected chi connectivity index (χ3v) is 2.89. The van der Waals surface area contributed by atoms with Gasteiger partial charge in [-0.1, -0.05) is 50.5 Å². The summed E-state index contributed by atoms with van der Waals surface area (Å²) in [7, 11) is 0. The Bertz CT molecular complexity index is 314. The van der Waals surface area contributed by atoms with Crippen LogP contribution in [0.2, 0.25) is 0 Å². The van der Waals surface area contributed by atoms with Crippen molar-refractivity contribution in [3.8, 4) is 0 Å². The highest BCUT2D eigenvalue weighted by molar-refractivity contribution is 9.09. The summed E-state index contributed by atoms with van der Waals surface area (Å²) in [5.74, 6) is -1.01. The third-order valence-electron chi connectivity index (χ3n) is 2.36. The van der Waals surface area contributed by atoms with Gasteiger partial charge in [-0.25, -0.2) is 4.79 Å². The van der Waals surface area contributed by atoms with E-state index in [1.54, 1.807) is 27.7 Å². The van der Waals surface area contributed by atoms with Gasteiger partial charge >= 0.3 is 5.97 Å². The maximum Gasteiger partial charge on any atom is 0.327 e. The van der Waals surface area contributed by atoms with Crippen LogP contribution in [0.1, 0.15) is 41.5 Å². The molecule has 0 aliphatic carbocycles. The Balaban J connectivity index is 0. The van der Waals surface area contributed by atoms with Gasteiger partial charge in [0.2, 0.25) is 5.91 Å². The number of hydrogen-bond acceptors (Lipinski definition) is 3. The van der Waals surface area contributed by atoms with E-state index in [2.05, 4.69) is 21.2 Å². The molecule has 0 saturated heterocycles. The van der Waals surface area contributed by atoms with Crippen LogP contribution in [0.5, 0.6) is 0 Å². The van der Waals surface area contributed by atoms with Crippen LogP contribution in [0.4, 0.5) is 0 Å². The summed E-state index contributed by atoms with van der Waals surface area (Å²) in [5.41, 5.74) is 0. The zero-order chi connectivity index (χ0) is 15.7. The average molecular weight is 338 g/mol. The molecule has 0 aliphatic heterocycles. The topological polar surface area (TPSA) is 83.5 Å². The highest BCUT2D eigenvalue weighted by Crippen LogP contribution is 2.06. The molecule has 0 aromatic carbocycles. The Kier molecular flexibility index (Phi) is 10.7. The predicted octanol–water partition coefficient (Wildman–Crippen LogP) is 2.23. The lowest BCUT2D eigenvalue weighted by Crippen LogP contribution is -2.47. The van der Waals surface area contributed by atoms with E-state index in [1.165, 1.54) is 0 Å². The molecule has 0 radical (unpaired) electrons. The van der Waals surface area contributed by atoms with Gasteiger partial charge in [-0.15, -0.1) is 0 Å². The number of amides is 1. The third kappa shape index (κ3) is 10.7. The maximum atomic E-state index is 11.2. The first-order chi connectivity index (χ1) is 8.50. The molecular weight excluding hydrogens is 314 g/mol. The molecule has 112 valence electrons. The lowest BCUT2D eigenvalue weighted by molar-refractivity contribution is -0.142. The molecule has 19 heavy (non-hydrogen) atoms. The van der Waals surface area contributed by atoms with E-state index < -0.39 is 12.0 Å². The molecule has 0 aromatic heterocycles. The molecule has 2 atom stereocenters. The number of carboxylic acids is 1. The lowest BCUT2D eigenvalue weighted by Gasteiger charge is -2.17. The van der Waals surface area contributed by atoms with E-state index >= 15 is 0 Å². The molecule has 0 aromatic rings. The number of hydrogen-bond donors (Lipinski definition) is 2. The Labute approximate surface area is 123 Å². The van der Waals surface area contributed by atoms with Crippen molar-refractivity contribution in [2.45, 2.75) is 52.4 Å². The van der Waals surface area contributed by atoms with Crippen molar-refractivity contribution in [2.24, 2.45) is 11.8 Å². The summed E-state index contributed by atoms with van der Waals surface area (Å²) in [4.78, 5) is 31.7. The van der Waals surface area contributed by atoms with E-state index in [9.17, 15) is 14.4 Å². The van der Waals surface area contributed by atoms with Crippen molar-refractivity contribution >= 4 is 33.6 Å². The summed E-state index contributed by atoms with van der Waals surface area (Å²) < 4.78 is 0. The zero-order valence-electron chi connectivity index (χ0n) is 12.4. The van der Waals surface area contributed by atoms with Gasteiger partial charge in [0, 0.05) is 16.7 Å². The van der Waals surface area contributed by atoms with Crippen LogP contribution < -0.4 is 5.32 Å². The van der Waals surface area contributed by atoms with Gasteiger partial charge in [0.25, 0.3) is 0 Å². The monoisotopic (exact) mass is 337 g/mol. The molecule has 0 rings (SSSR count). The fourth-order valence-corrected chi connectivity index (χ4v) is 1.05. The van der Waals surface area contributed by atoms with Crippen LogP contribution in [0, 0.1) is 11.8 Å². The first-order valence-corrected chi connectivity index (χ1v) is 7.09. The first-order valence-electron chi connectivity index (χ1n) is 6.18. The quantitative estimate of drug-likeness (QED) is 0.753. The molecule has 0 fully saturated rings. The van der Waals surface area contributed by atoms with Crippen molar-refractivity contribution in [1.29, 1.82) is 0 Å². The second-order valence-corrected chi connectivity index (χ2v) is 6.37. The second kappa shape index (κ2) is 9.95. The van der Waals surface area contributed by atoms with E-state index in [-0.39, 0.29) is 28.4 Å². The number of carbonyl (C=O) groups excluding carboxylic acids is 2. The van der Waals surface area contributed by atoms with E-state index in [4.69, 9.17) is 5.11 Å². The lowest BCUT2D eigenvalue weighted by atomic mass is 10.1. The van der Waals surface area contributed by atoms with Gasteiger partial charge in [0.15, 0.2) is 0 Å². The number of carboxylic acid groups (broad SMARTS) is 1. The van der Waals surface area contributed by atoms with Gasteiger partial charge in [-0.3, -0.25) is 9.59 Å². The number of carbonyl (C=O) groups is 3. The molecule has 0 bridgehead atoms. The Hall–Kier alpha value is -0.910. The van der Waals surface area contributed by atoms with Crippen molar-refractivity contribution < 1.29 is 19.5 Å². The van der Waals surface area contributed by atoms with E-state index in [0.717, 1.165) is 0 Å². The van der Waals surface area contributed by atoms with Crippen LogP contribution in [0.25, 0.3) is 0 Å². The second-order valence-electron chi connectivity index (χ2n) is 4.92. The fraction of sp³-hybridized carbons (Fsp3) is 0.769. The number of nitrogens with one attached hydrogen (secondary N) is 1. The Morgan fingerprint density at radius 3 is 1.53 bits per heavy atom. The van der Waals surface area contributed by atoms with Gasteiger partial charge < -0.3 is 10.4 Å². The Morgan fingerprint density at radius 2 is 1.37 bits per heavy atom. The summed E-state index contributed by atoms with van der Waals surface area (Å²) in [6.45, 7) is 10.5. The minimum atomic E-state index is -1.03.